The van der Waals surface area contributed by atoms with E-state index < -0.39 is 5.97 Å². The van der Waals surface area contributed by atoms with Gasteiger partial charge < -0.3 is 6.26 Å². The van der Waals surface area contributed by atoms with E-state index in [1.165, 1.54) is 6.92 Å². The maximum Gasteiger partial charge on any atom is 1.00 e. The van der Waals surface area contributed by atoms with Gasteiger partial charge in [0.05, 0.1) is 0 Å². The van der Waals surface area contributed by atoms with Gasteiger partial charge >= 0.3 is 57.4 Å². The van der Waals surface area contributed by atoms with E-state index in [4.69, 9.17) is 0 Å². The number of hydrogen-bond donors (Lipinski definition) is 2. The maximum atomic E-state index is 9.89. The second kappa shape index (κ2) is 6.88. The first kappa shape index (κ1) is 12.4. The summed E-state index contributed by atoms with van der Waals surface area (Å²) < 4.78 is 0.738. The molecule has 6 heteroatoms. The predicted molar refractivity (Wildman–Crippen MR) is 32.7 cm³/mol. The van der Waals surface area contributed by atoms with Crippen molar-refractivity contribution in [1.82, 2.24) is 3.87 Å². The van der Waals surface area contributed by atoms with Crippen LogP contribution in [0.15, 0.2) is 0 Å². The van der Waals surface area contributed by atoms with Crippen molar-refractivity contribution >= 4 is 31.6 Å². The van der Waals surface area contributed by atoms with Gasteiger partial charge in [-0.15, -0.1) is 0 Å². The van der Waals surface area contributed by atoms with Gasteiger partial charge in [-0.3, -0.25) is 4.79 Å². The summed E-state index contributed by atoms with van der Waals surface area (Å²) in [4.78, 5) is 14.1. The molecule has 0 saturated carbocycles. The number of carbonyl (C=O) groups is 1. The summed E-state index contributed by atoms with van der Waals surface area (Å²) in [7, 11) is 0. The Bertz CT molecular complexity index is 83.0. The standard InChI is InChI=1S/C2H5NO2S2.K.H/c1-2(4)5-3(6)7;;/h6-7H,1H3;;/q;+1;-1. The number of nitrogens with zero attached hydrogens (tertiary/aromatic N) is 1. The van der Waals surface area contributed by atoms with Crippen LogP contribution in [0.1, 0.15) is 8.35 Å². The van der Waals surface area contributed by atoms with Crippen molar-refractivity contribution in [1.29, 1.82) is 0 Å². The molecule has 0 aromatic carbocycles. The molecule has 0 heterocycles. The molecule has 0 amide bonds. The van der Waals surface area contributed by atoms with Crippen LogP contribution in [0, 0.1) is 0 Å². The van der Waals surface area contributed by atoms with Crippen LogP contribution in [0.4, 0.5) is 0 Å². The summed E-state index contributed by atoms with van der Waals surface area (Å²) in [6.45, 7) is 1.26. The topological polar surface area (TPSA) is 29.5 Å². The molecule has 0 bridgehead atoms. The van der Waals surface area contributed by atoms with E-state index in [2.05, 4.69) is 30.5 Å². The third-order valence-corrected chi connectivity index (χ3v) is 0.374. The predicted octanol–water partition coefficient (Wildman–Crippen LogP) is -2.43. The van der Waals surface area contributed by atoms with Crippen LogP contribution in [-0.2, 0) is 9.63 Å². The van der Waals surface area contributed by atoms with E-state index in [1.807, 2.05) is 0 Å². The zero-order valence-corrected chi connectivity index (χ0v) is 9.57. The molecule has 0 aliphatic carbocycles. The van der Waals surface area contributed by atoms with Crippen molar-refractivity contribution in [2.45, 2.75) is 6.92 Å². The van der Waals surface area contributed by atoms with Gasteiger partial charge in [-0.1, -0.05) is 0 Å². The monoisotopic (exact) mass is 179 g/mol. The molecule has 0 N–H and O–H groups in total. The Morgan fingerprint density at radius 3 is 2.12 bits per heavy atom. The van der Waals surface area contributed by atoms with Crippen LogP contribution in [0.25, 0.3) is 0 Å². The molecule has 0 aromatic heterocycles. The number of rotatable bonds is 1. The van der Waals surface area contributed by atoms with Crippen molar-refractivity contribution in [3.05, 3.63) is 0 Å². The SMILES string of the molecule is CC(=O)ON(S)S.[H-].[K+]. The molecule has 0 spiro atoms. The molecule has 0 atom stereocenters. The molecule has 0 saturated heterocycles. The second-order valence-electron chi connectivity index (χ2n) is 0.836. The normalized spacial score (nSPS) is 8.00. The summed E-state index contributed by atoms with van der Waals surface area (Å²) in [5.74, 6) is -0.440. The van der Waals surface area contributed by atoms with E-state index in [9.17, 15) is 4.79 Å². The summed E-state index contributed by atoms with van der Waals surface area (Å²) in [6.07, 6.45) is 0. The molecule has 44 valence electrons. The largest absolute Gasteiger partial charge is 1.00 e. The van der Waals surface area contributed by atoms with E-state index in [0.717, 1.165) is 3.87 Å². The van der Waals surface area contributed by atoms with Crippen LogP contribution in [0.2, 0.25) is 0 Å². The molecule has 0 aliphatic rings. The molecule has 8 heavy (non-hydrogen) atoms. The Balaban J connectivity index is -0.000000180. The maximum absolute atomic E-state index is 9.89. The Labute approximate surface area is 103 Å². The molecule has 0 radical (unpaired) electrons. The molecule has 0 aromatic rings. The zero-order valence-electron chi connectivity index (χ0n) is 5.66. The smallest absolute Gasteiger partial charge is 1.00 e. The van der Waals surface area contributed by atoms with Crippen molar-refractivity contribution in [2.75, 3.05) is 0 Å². The van der Waals surface area contributed by atoms with Crippen molar-refractivity contribution in [2.24, 2.45) is 0 Å². The number of hydrogen-bond acceptors (Lipinski definition) is 5. The molecule has 0 rings (SSSR count). The first-order valence-electron chi connectivity index (χ1n) is 1.49. The first-order chi connectivity index (χ1) is 3.13. The first-order valence-corrected chi connectivity index (χ1v) is 2.29. The van der Waals surface area contributed by atoms with Crippen LogP contribution in [0.3, 0.4) is 0 Å². The quantitative estimate of drug-likeness (QED) is 0.267. The fourth-order valence-electron chi connectivity index (χ4n) is 0.115. The third-order valence-electron chi connectivity index (χ3n) is 0.210. The van der Waals surface area contributed by atoms with Gasteiger partial charge in [0.15, 0.2) is 0 Å². The second-order valence-corrected chi connectivity index (χ2v) is 1.88. The van der Waals surface area contributed by atoms with Crippen LogP contribution in [0.5, 0.6) is 0 Å². The van der Waals surface area contributed by atoms with E-state index in [-0.39, 0.29) is 52.8 Å². The Morgan fingerprint density at radius 1 is 1.75 bits per heavy atom. The Hall–Kier alpha value is 1.77. The van der Waals surface area contributed by atoms with Crippen molar-refractivity contribution < 1.29 is 62.4 Å². The van der Waals surface area contributed by atoms with Crippen LogP contribution >= 0.6 is 25.6 Å². The third kappa shape index (κ3) is 10.7. The van der Waals surface area contributed by atoms with E-state index in [0.29, 0.717) is 0 Å². The Morgan fingerprint density at radius 2 is 2.12 bits per heavy atom. The zero-order chi connectivity index (χ0) is 5.86. The van der Waals surface area contributed by atoms with Crippen molar-refractivity contribution in [3.8, 4) is 0 Å². The van der Waals surface area contributed by atoms with Gasteiger partial charge in [-0.25, -0.2) is 0 Å². The van der Waals surface area contributed by atoms with E-state index >= 15 is 0 Å². The number of thiol groups is 2. The molecular formula is C2H6KNO2S2. The van der Waals surface area contributed by atoms with Gasteiger partial charge in [-0.05, 0) is 29.5 Å². The summed E-state index contributed by atoms with van der Waals surface area (Å²) >= 11 is 6.98. The summed E-state index contributed by atoms with van der Waals surface area (Å²) in [5, 5.41) is 0. The van der Waals surface area contributed by atoms with Crippen molar-refractivity contribution in [3.63, 3.8) is 0 Å². The fraction of sp³-hybridized carbons (Fsp3) is 0.500. The molecule has 0 aliphatic heterocycles. The average molecular weight is 179 g/mol. The minimum Gasteiger partial charge on any atom is -1.00 e. The number of carbonyl (C=O) groups excluding carboxylic acids is 1. The van der Waals surface area contributed by atoms with Crippen LogP contribution < -0.4 is 51.4 Å². The summed E-state index contributed by atoms with van der Waals surface area (Å²) in [5.41, 5.74) is 0. The minimum absolute atomic E-state index is 0. The van der Waals surface area contributed by atoms with E-state index in [1.54, 1.807) is 0 Å². The molecular weight excluding hydrogens is 173 g/mol. The van der Waals surface area contributed by atoms with Gasteiger partial charge in [0.2, 0.25) is 0 Å². The molecule has 0 unspecified atom stereocenters. The molecule has 3 nitrogen and oxygen atoms in total. The Kier molecular flexibility index (Phi) is 10.7. The van der Waals surface area contributed by atoms with Gasteiger partial charge in [0, 0.05) is 6.92 Å². The fourth-order valence-corrected chi connectivity index (χ4v) is 0.345. The van der Waals surface area contributed by atoms with Crippen LogP contribution in [-0.4, -0.2) is 9.84 Å². The average Bonchev–Trinajstić information content (AvgIpc) is 1.27. The van der Waals surface area contributed by atoms with Gasteiger partial charge in [-0.2, -0.15) is 0 Å². The molecule has 0 fully saturated rings. The summed E-state index contributed by atoms with van der Waals surface area (Å²) in [6, 6.07) is 0. The van der Waals surface area contributed by atoms with Gasteiger partial charge in [0.1, 0.15) is 0 Å². The minimum atomic E-state index is -0.440. The van der Waals surface area contributed by atoms with Gasteiger partial charge in [0.25, 0.3) is 0 Å².